The number of nitrogens with zero attached hydrogens (tertiary/aromatic N) is 1. The van der Waals surface area contributed by atoms with E-state index in [-0.39, 0.29) is 5.03 Å². The first-order valence-electron chi connectivity index (χ1n) is 2.39. The standard InChI is InChI=1S/C4H5NO3S2/c1-3-4(5-2-9-3)10(6,7)8/h2H,1H3,(H,6,7,8). The van der Waals surface area contributed by atoms with Crippen LogP contribution in [0.15, 0.2) is 10.5 Å². The molecular formula is C4H5NO3S2. The van der Waals surface area contributed by atoms with Crippen LogP contribution in [0.5, 0.6) is 0 Å². The first-order valence-corrected chi connectivity index (χ1v) is 4.71. The van der Waals surface area contributed by atoms with E-state index in [1.807, 2.05) is 0 Å². The van der Waals surface area contributed by atoms with Gasteiger partial charge in [-0.05, 0) is 6.92 Å². The molecule has 0 saturated carbocycles. The summed E-state index contributed by atoms with van der Waals surface area (Å²) in [7, 11) is -4.09. The van der Waals surface area contributed by atoms with Gasteiger partial charge in [0.05, 0.1) is 5.51 Å². The van der Waals surface area contributed by atoms with E-state index in [9.17, 15) is 8.42 Å². The Labute approximate surface area is 62.3 Å². The van der Waals surface area contributed by atoms with Crippen LogP contribution in [0.2, 0.25) is 0 Å². The summed E-state index contributed by atoms with van der Waals surface area (Å²) in [6.45, 7) is 1.58. The van der Waals surface area contributed by atoms with E-state index in [1.54, 1.807) is 6.92 Å². The Balaban J connectivity index is 3.32. The quantitative estimate of drug-likeness (QED) is 0.644. The Hall–Kier alpha value is -0.460. The molecule has 0 amide bonds. The van der Waals surface area contributed by atoms with Crippen molar-refractivity contribution in [2.45, 2.75) is 11.9 Å². The minimum Gasteiger partial charge on any atom is -0.281 e. The second kappa shape index (κ2) is 2.30. The van der Waals surface area contributed by atoms with Crippen LogP contribution in [0, 0.1) is 6.92 Å². The van der Waals surface area contributed by atoms with Crippen LogP contribution < -0.4 is 0 Å². The molecule has 0 aliphatic carbocycles. The molecule has 1 N–H and O–H groups in total. The molecule has 0 aliphatic rings. The van der Waals surface area contributed by atoms with E-state index in [1.165, 1.54) is 16.8 Å². The van der Waals surface area contributed by atoms with Crippen LogP contribution in [0.25, 0.3) is 0 Å². The fourth-order valence-corrected chi connectivity index (χ4v) is 2.09. The van der Waals surface area contributed by atoms with Gasteiger partial charge in [-0.15, -0.1) is 11.3 Å². The van der Waals surface area contributed by atoms with E-state index in [2.05, 4.69) is 4.98 Å². The van der Waals surface area contributed by atoms with E-state index in [0.717, 1.165) is 0 Å². The summed E-state index contributed by atoms with van der Waals surface area (Å²) in [5, 5.41) is -0.238. The molecule has 0 atom stereocenters. The third kappa shape index (κ3) is 1.34. The Morgan fingerprint density at radius 3 is 2.50 bits per heavy atom. The Morgan fingerprint density at radius 1 is 1.70 bits per heavy atom. The third-order valence-electron chi connectivity index (χ3n) is 0.945. The summed E-state index contributed by atoms with van der Waals surface area (Å²) < 4.78 is 29.3. The molecule has 56 valence electrons. The van der Waals surface area contributed by atoms with Crippen LogP contribution in [0.3, 0.4) is 0 Å². The highest BCUT2D eigenvalue weighted by atomic mass is 32.2. The predicted octanol–water partition coefficient (Wildman–Crippen LogP) is 0.698. The van der Waals surface area contributed by atoms with E-state index < -0.39 is 10.1 Å². The summed E-state index contributed by atoms with van der Waals surface area (Å²) in [6.07, 6.45) is 0. The second-order valence-electron chi connectivity index (χ2n) is 1.69. The summed E-state index contributed by atoms with van der Waals surface area (Å²) in [5.41, 5.74) is 1.37. The molecule has 10 heavy (non-hydrogen) atoms. The lowest BCUT2D eigenvalue weighted by atomic mass is 10.6. The molecular weight excluding hydrogens is 174 g/mol. The van der Waals surface area contributed by atoms with Gasteiger partial charge in [0, 0.05) is 4.88 Å². The fraction of sp³-hybridized carbons (Fsp3) is 0.250. The van der Waals surface area contributed by atoms with Gasteiger partial charge >= 0.3 is 10.1 Å². The van der Waals surface area contributed by atoms with Crippen molar-refractivity contribution in [3.63, 3.8) is 0 Å². The number of hydrogen-bond acceptors (Lipinski definition) is 4. The molecule has 0 unspecified atom stereocenters. The van der Waals surface area contributed by atoms with Gasteiger partial charge in [-0.1, -0.05) is 0 Å². The van der Waals surface area contributed by atoms with Crippen LogP contribution >= 0.6 is 11.3 Å². The second-order valence-corrected chi connectivity index (χ2v) is 4.08. The van der Waals surface area contributed by atoms with E-state index >= 15 is 0 Å². The van der Waals surface area contributed by atoms with Crippen molar-refractivity contribution in [3.05, 3.63) is 10.4 Å². The monoisotopic (exact) mass is 179 g/mol. The van der Waals surface area contributed by atoms with Gasteiger partial charge in [0.2, 0.25) is 0 Å². The van der Waals surface area contributed by atoms with Gasteiger partial charge in [0.25, 0.3) is 0 Å². The van der Waals surface area contributed by atoms with Crippen molar-refractivity contribution < 1.29 is 13.0 Å². The lowest BCUT2D eigenvalue weighted by molar-refractivity contribution is 0.479. The van der Waals surface area contributed by atoms with Gasteiger partial charge in [-0.3, -0.25) is 4.55 Å². The number of thiazole rings is 1. The molecule has 0 radical (unpaired) electrons. The minimum atomic E-state index is -4.09. The van der Waals surface area contributed by atoms with Crippen molar-refractivity contribution in [2.24, 2.45) is 0 Å². The van der Waals surface area contributed by atoms with Crippen molar-refractivity contribution in [1.29, 1.82) is 0 Å². The predicted molar refractivity (Wildman–Crippen MR) is 36.7 cm³/mol. The topological polar surface area (TPSA) is 67.3 Å². The average Bonchev–Trinajstić information content (AvgIpc) is 2.11. The molecule has 1 rings (SSSR count). The molecule has 0 saturated heterocycles. The first kappa shape index (κ1) is 7.64. The van der Waals surface area contributed by atoms with Gasteiger partial charge in [-0.25, -0.2) is 4.98 Å². The van der Waals surface area contributed by atoms with Crippen LogP contribution in [-0.4, -0.2) is 18.0 Å². The highest BCUT2D eigenvalue weighted by molar-refractivity contribution is 7.85. The van der Waals surface area contributed by atoms with Crippen molar-refractivity contribution in [2.75, 3.05) is 0 Å². The Morgan fingerprint density at radius 2 is 2.30 bits per heavy atom. The fourth-order valence-electron chi connectivity index (χ4n) is 0.543. The summed E-state index contributed by atoms with van der Waals surface area (Å²) in [5.74, 6) is 0. The Kier molecular flexibility index (Phi) is 1.76. The molecule has 0 fully saturated rings. The lowest BCUT2D eigenvalue weighted by Crippen LogP contribution is -1.99. The maximum Gasteiger partial charge on any atom is 0.313 e. The van der Waals surface area contributed by atoms with Gasteiger partial charge in [-0.2, -0.15) is 8.42 Å². The van der Waals surface area contributed by atoms with Crippen molar-refractivity contribution in [1.82, 2.24) is 4.98 Å². The molecule has 0 aliphatic heterocycles. The third-order valence-corrected chi connectivity index (χ3v) is 2.73. The highest BCUT2D eigenvalue weighted by Gasteiger charge is 2.14. The lowest BCUT2D eigenvalue weighted by Gasteiger charge is -1.89. The molecule has 0 spiro atoms. The maximum atomic E-state index is 10.4. The molecule has 6 heteroatoms. The zero-order chi connectivity index (χ0) is 7.78. The van der Waals surface area contributed by atoms with Gasteiger partial charge in [0.1, 0.15) is 0 Å². The highest BCUT2D eigenvalue weighted by Crippen LogP contribution is 2.15. The Bertz CT molecular complexity index is 326. The largest absolute Gasteiger partial charge is 0.313 e. The zero-order valence-corrected chi connectivity index (χ0v) is 6.74. The van der Waals surface area contributed by atoms with Crippen molar-refractivity contribution >= 4 is 21.5 Å². The molecule has 1 aromatic rings. The smallest absolute Gasteiger partial charge is 0.281 e. The number of hydrogen-bond donors (Lipinski definition) is 1. The summed E-state index contributed by atoms with van der Waals surface area (Å²) >= 11 is 1.18. The number of rotatable bonds is 1. The van der Waals surface area contributed by atoms with E-state index in [0.29, 0.717) is 4.88 Å². The zero-order valence-electron chi connectivity index (χ0n) is 5.10. The van der Waals surface area contributed by atoms with Crippen LogP contribution in [0.4, 0.5) is 0 Å². The van der Waals surface area contributed by atoms with E-state index in [4.69, 9.17) is 4.55 Å². The average molecular weight is 179 g/mol. The molecule has 1 aromatic heterocycles. The maximum absolute atomic E-state index is 10.4. The normalized spacial score (nSPS) is 11.8. The summed E-state index contributed by atoms with van der Waals surface area (Å²) in [4.78, 5) is 3.97. The van der Waals surface area contributed by atoms with Crippen LogP contribution in [-0.2, 0) is 10.1 Å². The molecule has 4 nitrogen and oxygen atoms in total. The minimum absolute atomic E-state index is 0.238. The molecule has 0 aromatic carbocycles. The molecule has 0 bridgehead atoms. The van der Waals surface area contributed by atoms with Gasteiger partial charge < -0.3 is 0 Å². The first-order chi connectivity index (χ1) is 4.52. The number of aromatic nitrogens is 1. The summed E-state index contributed by atoms with van der Waals surface area (Å²) in [6, 6.07) is 0. The molecule has 1 heterocycles. The number of aryl methyl sites for hydroxylation is 1. The van der Waals surface area contributed by atoms with Crippen LogP contribution in [0.1, 0.15) is 4.88 Å². The SMILES string of the molecule is Cc1scnc1S(=O)(=O)O. The van der Waals surface area contributed by atoms with Crippen molar-refractivity contribution in [3.8, 4) is 0 Å². The van der Waals surface area contributed by atoms with Gasteiger partial charge in [0.15, 0.2) is 5.03 Å².